The average Bonchev–Trinajstić information content (AvgIpc) is 2.99. The summed E-state index contributed by atoms with van der Waals surface area (Å²) in [7, 11) is 0. The topological polar surface area (TPSA) is 87.8 Å². The quantitative estimate of drug-likeness (QED) is 0.539. The first kappa shape index (κ1) is 19.7. The zero-order chi connectivity index (χ0) is 18.1. The van der Waals surface area contributed by atoms with Crippen molar-refractivity contribution in [2.45, 2.75) is 59.2 Å². The minimum absolute atomic E-state index is 0.307. The van der Waals surface area contributed by atoms with Crippen molar-refractivity contribution in [2.75, 3.05) is 32.8 Å². The van der Waals surface area contributed by atoms with Gasteiger partial charge in [0.05, 0.1) is 12.7 Å². The molecule has 2 rings (SSSR count). The highest BCUT2D eigenvalue weighted by Crippen LogP contribution is 2.10. The lowest BCUT2D eigenvalue weighted by Crippen LogP contribution is -2.49. The van der Waals surface area contributed by atoms with E-state index in [1.54, 1.807) is 6.92 Å². The van der Waals surface area contributed by atoms with E-state index in [1.165, 1.54) is 0 Å². The van der Waals surface area contributed by atoms with Gasteiger partial charge in [-0.2, -0.15) is 4.98 Å². The third-order valence-corrected chi connectivity index (χ3v) is 4.08. The van der Waals surface area contributed by atoms with Crippen LogP contribution in [-0.4, -0.2) is 65.9 Å². The van der Waals surface area contributed by atoms with E-state index in [2.05, 4.69) is 51.4 Å². The van der Waals surface area contributed by atoms with Crippen LogP contribution >= 0.6 is 0 Å². The molecular weight excluding hydrogens is 320 g/mol. The van der Waals surface area contributed by atoms with Crippen LogP contribution in [0.2, 0.25) is 0 Å². The Kier molecular flexibility index (Phi) is 8.14. The van der Waals surface area contributed by atoms with Crippen molar-refractivity contribution < 1.29 is 9.26 Å². The molecule has 1 aromatic rings. The highest BCUT2D eigenvalue weighted by atomic mass is 16.5. The number of rotatable bonds is 8. The molecule has 1 fully saturated rings. The van der Waals surface area contributed by atoms with Crippen LogP contribution in [0.15, 0.2) is 9.52 Å². The summed E-state index contributed by atoms with van der Waals surface area (Å²) in [5.41, 5.74) is 0. The Morgan fingerprint density at radius 1 is 1.40 bits per heavy atom. The molecule has 0 unspecified atom stereocenters. The first-order chi connectivity index (χ1) is 12.1. The van der Waals surface area contributed by atoms with Crippen molar-refractivity contribution in [3.05, 3.63) is 11.7 Å². The summed E-state index contributed by atoms with van der Waals surface area (Å²) in [5, 5.41) is 10.7. The standard InChI is InChI=1S/C17H32N6O2/c1-5-18-17(19-12-16-20-14(4)25-22-16)21-15-6-8-23(9-7-15)10-11-24-13(2)3/h13,15H,5-12H2,1-4H3,(H2,18,19,21). The molecule has 1 aliphatic rings. The molecule has 25 heavy (non-hydrogen) atoms. The van der Waals surface area contributed by atoms with Gasteiger partial charge in [0.25, 0.3) is 0 Å². The zero-order valence-corrected chi connectivity index (χ0v) is 15.9. The fourth-order valence-electron chi connectivity index (χ4n) is 2.79. The van der Waals surface area contributed by atoms with E-state index in [9.17, 15) is 0 Å². The maximum Gasteiger partial charge on any atom is 0.223 e. The zero-order valence-electron chi connectivity index (χ0n) is 15.9. The molecule has 1 saturated heterocycles. The maximum absolute atomic E-state index is 5.64. The van der Waals surface area contributed by atoms with Gasteiger partial charge >= 0.3 is 0 Å². The van der Waals surface area contributed by atoms with Gasteiger partial charge in [0.15, 0.2) is 11.8 Å². The van der Waals surface area contributed by atoms with Gasteiger partial charge in [-0.25, -0.2) is 4.99 Å². The fourth-order valence-corrected chi connectivity index (χ4v) is 2.79. The van der Waals surface area contributed by atoms with Gasteiger partial charge in [-0.1, -0.05) is 5.16 Å². The molecule has 8 nitrogen and oxygen atoms in total. The van der Waals surface area contributed by atoms with E-state index in [0.29, 0.717) is 30.4 Å². The SMILES string of the molecule is CCNC(=NCc1noc(C)n1)NC1CCN(CCOC(C)C)CC1. The number of nitrogens with one attached hydrogen (secondary N) is 2. The van der Waals surface area contributed by atoms with E-state index in [0.717, 1.165) is 51.6 Å². The Hall–Kier alpha value is -1.67. The van der Waals surface area contributed by atoms with Crippen molar-refractivity contribution >= 4 is 5.96 Å². The Morgan fingerprint density at radius 2 is 2.16 bits per heavy atom. The van der Waals surface area contributed by atoms with Crippen LogP contribution in [0.4, 0.5) is 0 Å². The van der Waals surface area contributed by atoms with Gasteiger partial charge in [-0.05, 0) is 33.6 Å². The van der Waals surface area contributed by atoms with Gasteiger partial charge in [0.1, 0.15) is 6.54 Å². The number of aryl methyl sites for hydroxylation is 1. The Balaban J connectivity index is 1.75. The number of hydrogen-bond acceptors (Lipinski definition) is 6. The van der Waals surface area contributed by atoms with Crippen LogP contribution in [0.25, 0.3) is 0 Å². The minimum Gasteiger partial charge on any atom is -0.377 e. The number of likely N-dealkylation sites (tertiary alicyclic amines) is 1. The Labute approximate surface area is 150 Å². The Morgan fingerprint density at radius 3 is 2.76 bits per heavy atom. The van der Waals surface area contributed by atoms with Crippen molar-refractivity contribution in [1.82, 2.24) is 25.7 Å². The molecule has 1 aromatic heterocycles. The monoisotopic (exact) mass is 352 g/mol. The maximum atomic E-state index is 5.64. The van der Waals surface area contributed by atoms with Crippen LogP contribution < -0.4 is 10.6 Å². The number of piperidine rings is 1. The van der Waals surface area contributed by atoms with E-state index in [1.807, 2.05) is 0 Å². The lowest BCUT2D eigenvalue weighted by molar-refractivity contribution is 0.0532. The molecule has 8 heteroatoms. The molecule has 0 radical (unpaired) electrons. The fraction of sp³-hybridized carbons (Fsp3) is 0.824. The van der Waals surface area contributed by atoms with Crippen LogP contribution in [-0.2, 0) is 11.3 Å². The summed E-state index contributed by atoms with van der Waals surface area (Å²) >= 11 is 0. The van der Waals surface area contributed by atoms with Crippen molar-refractivity contribution in [3.63, 3.8) is 0 Å². The summed E-state index contributed by atoms with van der Waals surface area (Å²) < 4.78 is 10.6. The molecule has 0 aromatic carbocycles. The van der Waals surface area contributed by atoms with Crippen LogP contribution in [0.3, 0.4) is 0 Å². The van der Waals surface area contributed by atoms with Gasteiger partial charge in [-0.15, -0.1) is 0 Å². The van der Waals surface area contributed by atoms with Crippen molar-refractivity contribution in [1.29, 1.82) is 0 Å². The molecule has 0 saturated carbocycles. The second-order valence-electron chi connectivity index (χ2n) is 6.60. The van der Waals surface area contributed by atoms with Gasteiger partial charge in [0.2, 0.25) is 5.89 Å². The molecule has 0 bridgehead atoms. The van der Waals surface area contributed by atoms with Crippen LogP contribution in [0, 0.1) is 6.92 Å². The number of ether oxygens (including phenoxy) is 1. The largest absolute Gasteiger partial charge is 0.377 e. The van der Waals surface area contributed by atoms with E-state index >= 15 is 0 Å². The molecule has 0 atom stereocenters. The Bertz CT molecular complexity index is 523. The van der Waals surface area contributed by atoms with E-state index in [-0.39, 0.29) is 0 Å². The highest BCUT2D eigenvalue weighted by molar-refractivity contribution is 5.80. The second-order valence-corrected chi connectivity index (χ2v) is 6.60. The number of hydrogen-bond donors (Lipinski definition) is 2. The highest BCUT2D eigenvalue weighted by Gasteiger charge is 2.19. The number of aliphatic imine (C=N–C) groups is 1. The first-order valence-corrected chi connectivity index (χ1v) is 9.24. The molecule has 1 aliphatic heterocycles. The number of aromatic nitrogens is 2. The predicted molar refractivity (Wildman–Crippen MR) is 97.5 cm³/mol. The van der Waals surface area contributed by atoms with Crippen molar-refractivity contribution in [2.24, 2.45) is 4.99 Å². The third-order valence-electron chi connectivity index (χ3n) is 4.08. The molecular formula is C17H32N6O2. The minimum atomic E-state index is 0.307. The van der Waals surface area contributed by atoms with Gasteiger partial charge in [0, 0.05) is 39.1 Å². The lowest BCUT2D eigenvalue weighted by Gasteiger charge is -2.33. The first-order valence-electron chi connectivity index (χ1n) is 9.24. The molecule has 0 aliphatic carbocycles. The van der Waals surface area contributed by atoms with Crippen LogP contribution in [0.5, 0.6) is 0 Å². The van der Waals surface area contributed by atoms with Gasteiger partial charge in [-0.3, -0.25) is 0 Å². The molecule has 142 valence electrons. The predicted octanol–water partition coefficient (Wildman–Crippen LogP) is 1.32. The number of nitrogens with zero attached hydrogens (tertiary/aromatic N) is 4. The normalized spacial score (nSPS) is 17.2. The second kappa shape index (κ2) is 10.4. The summed E-state index contributed by atoms with van der Waals surface area (Å²) in [4.78, 5) is 11.2. The lowest BCUT2D eigenvalue weighted by atomic mass is 10.1. The summed E-state index contributed by atoms with van der Waals surface area (Å²) in [6.07, 6.45) is 2.52. The summed E-state index contributed by atoms with van der Waals surface area (Å²) in [6, 6.07) is 0.437. The molecule has 0 spiro atoms. The van der Waals surface area contributed by atoms with E-state index < -0.39 is 0 Å². The molecule has 2 heterocycles. The smallest absolute Gasteiger partial charge is 0.223 e. The van der Waals surface area contributed by atoms with Crippen LogP contribution in [0.1, 0.15) is 45.3 Å². The average molecular weight is 352 g/mol. The third kappa shape index (κ3) is 7.39. The number of guanidine groups is 1. The molecule has 2 N–H and O–H groups in total. The summed E-state index contributed by atoms with van der Waals surface area (Å²) in [5.74, 6) is 1.98. The summed E-state index contributed by atoms with van der Waals surface area (Å²) in [6.45, 7) is 13.2. The van der Waals surface area contributed by atoms with E-state index in [4.69, 9.17) is 9.26 Å². The van der Waals surface area contributed by atoms with Crippen molar-refractivity contribution in [3.8, 4) is 0 Å². The molecule has 0 amide bonds. The van der Waals surface area contributed by atoms with Gasteiger partial charge < -0.3 is 24.8 Å².